The summed E-state index contributed by atoms with van der Waals surface area (Å²) in [5.41, 5.74) is 0.954. The number of nitrogens with one attached hydrogen (secondary N) is 3. The zero-order valence-electron chi connectivity index (χ0n) is 13.9. The molecule has 0 bridgehead atoms. The standard InChI is InChI=1S/C17H19N3O5S/c21-16(18-10-15-2-1-8-25-15)12-3-5-13(6-4-12)19-17(22)20-14-7-9-26(23,24)11-14/h1-6,8,14H,7,9-11H2,(H,18,21)(H2,19,20,22). The number of amides is 3. The van der Waals surface area contributed by atoms with Crippen molar-refractivity contribution >= 4 is 27.5 Å². The van der Waals surface area contributed by atoms with Crippen molar-refractivity contribution < 1.29 is 22.4 Å². The van der Waals surface area contributed by atoms with E-state index in [1.807, 2.05) is 0 Å². The summed E-state index contributed by atoms with van der Waals surface area (Å²) >= 11 is 0. The summed E-state index contributed by atoms with van der Waals surface area (Å²) in [4.78, 5) is 24.0. The number of carbonyl (C=O) groups is 2. The lowest BCUT2D eigenvalue weighted by molar-refractivity contribution is 0.0948. The predicted octanol–water partition coefficient (Wildman–Crippen LogP) is 1.52. The minimum Gasteiger partial charge on any atom is -0.467 e. The number of anilines is 1. The van der Waals surface area contributed by atoms with E-state index in [0.717, 1.165) is 0 Å². The van der Waals surface area contributed by atoms with Gasteiger partial charge >= 0.3 is 6.03 Å². The topological polar surface area (TPSA) is 118 Å². The van der Waals surface area contributed by atoms with Crippen LogP contribution in [0.25, 0.3) is 0 Å². The summed E-state index contributed by atoms with van der Waals surface area (Å²) in [7, 11) is -3.04. The number of sulfone groups is 1. The average Bonchev–Trinajstić information content (AvgIpc) is 3.22. The zero-order valence-corrected chi connectivity index (χ0v) is 14.7. The highest BCUT2D eigenvalue weighted by Crippen LogP contribution is 2.13. The van der Waals surface area contributed by atoms with Crippen LogP contribution in [0.4, 0.5) is 10.5 Å². The SMILES string of the molecule is O=C(Nc1ccc(C(=O)NCc2ccco2)cc1)NC1CCS(=O)(=O)C1. The molecule has 0 aliphatic carbocycles. The first-order valence-electron chi connectivity index (χ1n) is 8.10. The highest BCUT2D eigenvalue weighted by Gasteiger charge is 2.28. The van der Waals surface area contributed by atoms with Crippen LogP contribution in [-0.4, -0.2) is 37.9 Å². The number of rotatable bonds is 5. The molecule has 2 heterocycles. The fourth-order valence-electron chi connectivity index (χ4n) is 2.65. The van der Waals surface area contributed by atoms with Gasteiger partial charge < -0.3 is 20.4 Å². The largest absolute Gasteiger partial charge is 0.467 e. The van der Waals surface area contributed by atoms with Crippen LogP contribution < -0.4 is 16.0 Å². The first kappa shape index (κ1) is 18.0. The first-order chi connectivity index (χ1) is 12.4. The quantitative estimate of drug-likeness (QED) is 0.730. The molecule has 0 spiro atoms. The van der Waals surface area contributed by atoms with E-state index in [0.29, 0.717) is 30.0 Å². The summed E-state index contributed by atoms with van der Waals surface area (Å²) in [6, 6.07) is 9.06. The maximum Gasteiger partial charge on any atom is 0.319 e. The molecule has 2 aromatic rings. The molecule has 26 heavy (non-hydrogen) atoms. The lowest BCUT2D eigenvalue weighted by Gasteiger charge is -2.12. The molecule has 3 amide bonds. The van der Waals surface area contributed by atoms with E-state index in [2.05, 4.69) is 16.0 Å². The minimum atomic E-state index is -3.04. The van der Waals surface area contributed by atoms with Crippen LogP contribution in [0.2, 0.25) is 0 Å². The van der Waals surface area contributed by atoms with Crippen LogP contribution in [0.15, 0.2) is 47.1 Å². The normalized spacial score (nSPS) is 18.2. The van der Waals surface area contributed by atoms with Gasteiger partial charge in [0, 0.05) is 17.3 Å². The van der Waals surface area contributed by atoms with Crippen LogP contribution in [0, 0.1) is 0 Å². The molecule has 1 fully saturated rings. The van der Waals surface area contributed by atoms with E-state index < -0.39 is 15.9 Å². The second-order valence-corrected chi connectivity index (χ2v) is 8.27. The average molecular weight is 377 g/mol. The molecular formula is C17H19N3O5S. The minimum absolute atomic E-state index is 0.0325. The molecule has 3 rings (SSSR count). The highest BCUT2D eigenvalue weighted by atomic mass is 32.2. The van der Waals surface area contributed by atoms with Crippen molar-refractivity contribution in [2.75, 3.05) is 16.8 Å². The monoisotopic (exact) mass is 377 g/mol. The van der Waals surface area contributed by atoms with Crippen molar-refractivity contribution in [3.63, 3.8) is 0 Å². The molecular weight excluding hydrogens is 358 g/mol. The summed E-state index contributed by atoms with van der Waals surface area (Å²) in [5.74, 6) is 0.463. The molecule has 1 aliphatic heterocycles. The molecule has 9 heteroatoms. The zero-order chi connectivity index (χ0) is 18.6. The number of hydrogen-bond acceptors (Lipinski definition) is 5. The van der Waals surface area contributed by atoms with Gasteiger partial charge in [-0.25, -0.2) is 13.2 Å². The number of hydrogen-bond donors (Lipinski definition) is 3. The molecule has 1 aliphatic rings. The Labute approximate surface area is 150 Å². The Morgan fingerprint density at radius 1 is 1.15 bits per heavy atom. The molecule has 0 radical (unpaired) electrons. The van der Waals surface area contributed by atoms with E-state index in [1.54, 1.807) is 36.4 Å². The molecule has 138 valence electrons. The number of benzene rings is 1. The van der Waals surface area contributed by atoms with Gasteiger partial charge in [0.05, 0.1) is 24.3 Å². The van der Waals surface area contributed by atoms with Gasteiger partial charge in [0.15, 0.2) is 9.84 Å². The van der Waals surface area contributed by atoms with Crippen molar-refractivity contribution in [1.82, 2.24) is 10.6 Å². The van der Waals surface area contributed by atoms with Crippen molar-refractivity contribution in [2.24, 2.45) is 0 Å². The maximum absolute atomic E-state index is 12.1. The van der Waals surface area contributed by atoms with Crippen LogP contribution in [0.1, 0.15) is 22.5 Å². The van der Waals surface area contributed by atoms with Crippen molar-refractivity contribution in [1.29, 1.82) is 0 Å². The lowest BCUT2D eigenvalue weighted by atomic mass is 10.2. The Morgan fingerprint density at radius 3 is 2.54 bits per heavy atom. The Kier molecular flexibility index (Phi) is 5.27. The molecule has 1 aromatic heterocycles. The molecule has 1 unspecified atom stereocenters. The van der Waals surface area contributed by atoms with Crippen molar-refractivity contribution in [2.45, 2.75) is 19.0 Å². The van der Waals surface area contributed by atoms with E-state index >= 15 is 0 Å². The molecule has 0 saturated carbocycles. The fourth-order valence-corrected chi connectivity index (χ4v) is 4.32. The summed E-state index contributed by atoms with van der Waals surface area (Å²) in [6.45, 7) is 0.290. The third-order valence-electron chi connectivity index (χ3n) is 3.98. The Balaban J connectivity index is 1.49. The van der Waals surface area contributed by atoms with E-state index in [-0.39, 0.29) is 23.5 Å². The number of furan rings is 1. The summed E-state index contributed by atoms with van der Waals surface area (Å²) < 4.78 is 27.9. The third-order valence-corrected chi connectivity index (χ3v) is 5.74. The van der Waals surface area contributed by atoms with Crippen LogP contribution >= 0.6 is 0 Å². The van der Waals surface area contributed by atoms with Crippen molar-refractivity contribution in [3.05, 3.63) is 54.0 Å². The van der Waals surface area contributed by atoms with Gasteiger partial charge in [-0.1, -0.05) is 0 Å². The smallest absolute Gasteiger partial charge is 0.319 e. The molecule has 1 aromatic carbocycles. The van der Waals surface area contributed by atoms with Crippen LogP contribution in [0.5, 0.6) is 0 Å². The molecule has 1 saturated heterocycles. The Morgan fingerprint density at radius 2 is 1.92 bits per heavy atom. The van der Waals surface area contributed by atoms with E-state index in [1.165, 1.54) is 6.26 Å². The third kappa shape index (κ3) is 4.85. The Bertz CT molecular complexity index is 876. The Hall–Kier alpha value is -2.81. The van der Waals surface area contributed by atoms with E-state index in [9.17, 15) is 18.0 Å². The second-order valence-electron chi connectivity index (χ2n) is 6.04. The van der Waals surface area contributed by atoms with Crippen LogP contribution in [0.3, 0.4) is 0 Å². The van der Waals surface area contributed by atoms with E-state index in [4.69, 9.17) is 4.42 Å². The predicted molar refractivity (Wildman–Crippen MR) is 95.5 cm³/mol. The maximum atomic E-state index is 12.1. The van der Waals surface area contributed by atoms with Crippen LogP contribution in [-0.2, 0) is 16.4 Å². The van der Waals surface area contributed by atoms with Gasteiger partial charge in [0.1, 0.15) is 5.76 Å². The molecule has 1 atom stereocenters. The molecule has 3 N–H and O–H groups in total. The van der Waals surface area contributed by atoms with Gasteiger partial charge in [0.25, 0.3) is 5.91 Å². The number of carbonyl (C=O) groups excluding carboxylic acids is 2. The first-order valence-corrected chi connectivity index (χ1v) is 9.92. The molecule has 8 nitrogen and oxygen atoms in total. The fraction of sp³-hybridized carbons (Fsp3) is 0.294. The van der Waals surface area contributed by atoms with Gasteiger partial charge in [0.2, 0.25) is 0 Å². The number of urea groups is 1. The van der Waals surface area contributed by atoms with Crippen molar-refractivity contribution in [3.8, 4) is 0 Å². The van der Waals surface area contributed by atoms with Gasteiger partial charge in [-0.15, -0.1) is 0 Å². The highest BCUT2D eigenvalue weighted by molar-refractivity contribution is 7.91. The van der Waals surface area contributed by atoms with Gasteiger partial charge in [-0.3, -0.25) is 4.79 Å². The second kappa shape index (κ2) is 7.61. The van der Waals surface area contributed by atoms with Gasteiger partial charge in [-0.2, -0.15) is 0 Å². The van der Waals surface area contributed by atoms with Gasteiger partial charge in [-0.05, 0) is 42.8 Å². The summed E-state index contributed by atoms with van der Waals surface area (Å²) in [6.07, 6.45) is 1.96. The summed E-state index contributed by atoms with van der Waals surface area (Å²) in [5, 5.41) is 7.99. The lowest BCUT2D eigenvalue weighted by Crippen LogP contribution is -2.38.